The summed E-state index contributed by atoms with van der Waals surface area (Å²) < 4.78 is 2.12. The van der Waals surface area contributed by atoms with Gasteiger partial charge >= 0.3 is 0 Å². The maximum Gasteiger partial charge on any atom is 0.0958 e. The number of hydrazine groups is 1. The molecule has 3 aromatic rings. The minimum absolute atomic E-state index is 0.142. The van der Waals surface area contributed by atoms with Gasteiger partial charge in [0.2, 0.25) is 0 Å². The van der Waals surface area contributed by atoms with Gasteiger partial charge < -0.3 is 4.57 Å². The Morgan fingerprint density at radius 1 is 1.32 bits per heavy atom. The minimum atomic E-state index is 0.142. The van der Waals surface area contributed by atoms with E-state index in [1.165, 1.54) is 0 Å². The molecule has 0 aliphatic rings. The van der Waals surface area contributed by atoms with Gasteiger partial charge in [0, 0.05) is 30.6 Å². The van der Waals surface area contributed by atoms with Gasteiger partial charge in [-0.05, 0) is 12.1 Å². The molecule has 0 saturated carbocycles. The van der Waals surface area contributed by atoms with Crippen LogP contribution in [0.5, 0.6) is 0 Å². The molecule has 0 aliphatic carbocycles. The number of nitrogens with zero attached hydrogens (tertiary/aromatic N) is 3. The van der Waals surface area contributed by atoms with Crippen LogP contribution in [-0.2, 0) is 13.0 Å². The Kier molecular flexibility index (Phi) is 3.54. The fourth-order valence-electron chi connectivity index (χ4n) is 2.13. The molecule has 1 aromatic carbocycles. The molecule has 98 valence electrons. The molecule has 0 saturated heterocycles. The summed E-state index contributed by atoms with van der Waals surface area (Å²) >= 11 is 1.65. The van der Waals surface area contributed by atoms with E-state index in [1.807, 2.05) is 36.1 Å². The molecule has 2 aromatic heterocycles. The number of para-hydroxylation sites is 2. The number of thiazole rings is 1. The Bertz CT molecular complexity index is 646. The summed E-state index contributed by atoms with van der Waals surface area (Å²) in [5, 5.41) is 3.07. The number of hydrogen-bond acceptors (Lipinski definition) is 5. The highest BCUT2D eigenvalue weighted by Crippen LogP contribution is 2.14. The van der Waals surface area contributed by atoms with E-state index in [-0.39, 0.29) is 6.04 Å². The zero-order chi connectivity index (χ0) is 13.1. The summed E-state index contributed by atoms with van der Waals surface area (Å²) in [5.74, 6) is 5.64. The molecule has 2 heterocycles. The van der Waals surface area contributed by atoms with E-state index in [0.29, 0.717) is 0 Å². The molecule has 0 radical (unpaired) electrons. The van der Waals surface area contributed by atoms with E-state index < -0.39 is 0 Å². The molecule has 0 aliphatic heterocycles. The van der Waals surface area contributed by atoms with Crippen LogP contribution in [0.3, 0.4) is 0 Å². The third-order valence-electron chi connectivity index (χ3n) is 3.08. The molecule has 0 fully saturated rings. The first kappa shape index (κ1) is 12.3. The van der Waals surface area contributed by atoms with Crippen molar-refractivity contribution < 1.29 is 0 Å². The fourth-order valence-corrected chi connectivity index (χ4v) is 2.83. The number of benzene rings is 1. The summed E-state index contributed by atoms with van der Waals surface area (Å²) in [6.45, 7) is 0.774. The lowest BCUT2D eigenvalue weighted by Gasteiger charge is -2.15. The highest BCUT2D eigenvalue weighted by atomic mass is 32.1. The second-order valence-corrected chi connectivity index (χ2v) is 5.36. The van der Waals surface area contributed by atoms with Crippen LogP contribution in [0.4, 0.5) is 0 Å². The van der Waals surface area contributed by atoms with E-state index in [0.717, 1.165) is 29.0 Å². The minimum Gasteiger partial charge on any atom is -0.329 e. The summed E-state index contributed by atoms with van der Waals surface area (Å²) in [5.41, 5.74) is 5.00. The molecular weight excluding hydrogens is 258 g/mol. The molecule has 3 N–H and O–H groups in total. The van der Waals surface area contributed by atoms with Gasteiger partial charge in [-0.15, -0.1) is 11.3 Å². The number of aromatic nitrogens is 3. The first-order valence-corrected chi connectivity index (χ1v) is 6.99. The van der Waals surface area contributed by atoms with E-state index in [4.69, 9.17) is 5.84 Å². The molecule has 1 unspecified atom stereocenters. The van der Waals surface area contributed by atoms with Crippen LogP contribution in [0.2, 0.25) is 0 Å². The monoisotopic (exact) mass is 273 g/mol. The van der Waals surface area contributed by atoms with E-state index >= 15 is 0 Å². The summed E-state index contributed by atoms with van der Waals surface area (Å²) in [4.78, 5) is 8.68. The van der Waals surface area contributed by atoms with Gasteiger partial charge in [0.1, 0.15) is 0 Å². The predicted molar refractivity (Wildman–Crippen MR) is 76.7 cm³/mol. The molecule has 0 amide bonds. The maximum atomic E-state index is 5.64. The van der Waals surface area contributed by atoms with Crippen molar-refractivity contribution in [1.82, 2.24) is 20.0 Å². The fraction of sp³-hybridized carbons (Fsp3) is 0.231. The Hall–Kier alpha value is -1.76. The Morgan fingerprint density at radius 3 is 3.00 bits per heavy atom. The van der Waals surface area contributed by atoms with Crippen LogP contribution in [0.15, 0.2) is 42.2 Å². The molecule has 0 bridgehead atoms. The average Bonchev–Trinajstić information content (AvgIpc) is 3.08. The largest absolute Gasteiger partial charge is 0.329 e. The Morgan fingerprint density at radius 2 is 2.21 bits per heavy atom. The highest BCUT2D eigenvalue weighted by molar-refractivity contribution is 7.09. The normalized spacial score (nSPS) is 12.9. The standard InChI is InChI=1S/C13H15N5S/c14-17-10(7-13-15-5-6-19-13)8-18-9-16-11-3-1-2-4-12(11)18/h1-6,9-10,17H,7-8,14H2. The van der Waals surface area contributed by atoms with Crippen molar-refractivity contribution in [2.45, 2.75) is 19.0 Å². The number of nitrogens with two attached hydrogens (primary N) is 1. The third kappa shape index (κ3) is 2.65. The van der Waals surface area contributed by atoms with E-state index in [1.54, 1.807) is 11.3 Å². The Balaban J connectivity index is 1.78. The highest BCUT2D eigenvalue weighted by Gasteiger charge is 2.12. The lowest BCUT2D eigenvalue weighted by atomic mass is 10.2. The van der Waals surface area contributed by atoms with Crippen LogP contribution in [0.25, 0.3) is 11.0 Å². The molecule has 0 spiro atoms. The first-order chi connectivity index (χ1) is 9.36. The van der Waals surface area contributed by atoms with Crippen molar-refractivity contribution in [2.75, 3.05) is 0 Å². The quantitative estimate of drug-likeness (QED) is 0.547. The third-order valence-corrected chi connectivity index (χ3v) is 3.89. The van der Waals surface area contributed by atoms with Gasteiger partial charge in [0.25, 0.3) is 0 Å². The van der Waals surface area contributed by atoms with Gasteiger partial charge in [0.15, 0.2) is 0 Å². The SMILES string of the molecule is NNC(Cc1nccs1)Cn1cnc2ccccc21. The predicted octanol–water partition coefficient (Wildman–Crippen LogP) is 1.57. The molecule has 19 heavy (non-hydrogen) atoms. The van der Waals surface area contributed by atoms with E-state index in [2.05, 4.69) is 26.0 Å². The van der Waals surface area contributed by atoms with Crippen molar-refractivity contribution >= 4 is 22.4 Å². The lowest BCUT2D eigenvalue weighted by molar-refractivity contribution is 0.460. The van der Waals surface area contributed by atoms with Crippen molar-refractivity contribution in [3.05, 3.63) is 47.2 Å². The molecule has 1 atom stereocenters. The zero-order valence-corrected chi connectivity index (χ0v) is 11.2. The van der Waals surface area contributed by atoms with Crippen LogP contribution in [-0.4, -0.2) is 20.6 Å². The maximum absolute atomic E-state index is 5.64. The van der Waals surface area contributed by atoms with Gasteiger partial charge in [-0.1, -0.05) is 12.1 Å². The molecule has 5 nitrogen and oxygen atoms in total. The zero-order valence-electron chi connectivity index (χ0n) is 10.4. The Labute approximate surface area is 115 Å². The first-order valence-electron chi connectivity index (χ1n) is 6.11. The second-order valence-electron chi connectivity index (χ2n) is 4.38. The van der Waals surface area contributed by atoms with Crippen LogP contribution >= 0.6 is 11.3 Å². The van der Waals surface area contributed by atoms with Gasteiger partial charge in [-0.25, -0.2) is 9.97 Å². The van der Waals surface area contributed by atoms with Crippen LogP contribution in [0, 0.1) is 0 Å². The molecule has 3 rings (SSSR count). The second kappa shape index (κ2) is 5.48. The number of rotatable bonds is 5. The number of nitrogens with one attached hydrogen (secondary N) is 1. The number of hydrogen-bond donors (Lipinski definition) is 2. The smallest absolute Gasteiger partial charge is 0.0958 e. The summed E-state index contributed by atoms with van der Waals surface area (Å²) in [7, 11) is 0. The van der Waals surface area contributed by atoms with Crippen molar-refractivity contribution in [3.63, 3.8) is 0 Å². The van der Waals surface area contributed by atoms with Gasteiger partial charge in [-0.3, -0.25) is 11.3 Å². The van der Waals surface area contributed by atoms with Crippen LogP contribution in [0.1, 0.15) is 5.01 Å². The number of fused-ring (bicyclic) bond motifs is 1. The molecule has 6 heteroatoms. The van der Waals surface area contributed by atoms with Crippen LogP contribution < -0.4 is 11.3 Å². The topological polar surface area (TPSA) is 68.8 Å². The molecular formula is C13H15N5S. The summed E-state index contributed by atoms with van der Waals surface area (Å²) in [6.07, 6.45) is 4.50. The average molecular weight is 273 g/mol. The van der Waals surface area contributed by atoms with E-state index in [9.17, 15) is 0 Å². The van der Waals surface area contributed by atoms with Crippen molar-refractivity contribution in [3.8, 4) is 0 Å². The summed E-state index contributed by atoms with van der Waals surface area (Å²) in [6, 6.07) is 8.24. The lowest BCUT2D eigenvalue weighted by Crippen LogP contribution is -2.39. The van der Waals surface area contributed by atoms with Crippen molar-refractivity contribution in [1.29, 1.82) is 0 Å². The number of imidazole rings is 1. The van der Waals surface area contributed by atoms with Crippen molar-refractivity contribution in [2.24, 2.45) is 5.84 Å². The van der Waals surface area contributed by atoms with Gasteiger partial charge in [-0.2, -0.15) is 0 Å². The van der Waals surface area contributed by atoms with Gasteiger partial charge in [0.05, 0.1) is 22.4 Å².